The minimum absolute atomic E-state index is 0.0423. The first-order valence-electron chi connectivity index (χ1n) is 7.22. The van der Waals surface area contributed by atoms with E-state index in [0.29, 0.717) is 6.54 Å². The average Bonchev–Trinajstić information content (AvgIpc) is 2.35. The molecular weight excluding hydrogens is 268 g/mol. The number of hydrogen-bond donors (Lipinski definition) is 2. The second-order valence-corrected chi connectivity index (χ2v) is 5.70. The number of nitrogens with one attached hydrogen (secondary N) is 1. The molecule has 0 radical (unpaired) electrons. The molecule has 0 aliphatic carbocycles. The zero-order chi connectivity index (χ0) is 15.8. The van der Waals surface area contributed by atoms with Crippen molar-refractivity contribution in [2.45, 2.75) is 32.9 Å². The quantitative estimate of drug-likeness (QED) is 0.756. The SMILES string of the molecule is Cc1cccc(OCC(O)CN(C)CC(=O)NC(C)C)c1. The normalized spacial score (nSPS) is 12.5. The predicted molar refractivity (Wildman–Crippen MR) is 83.5 cm³/mol. The van der Waals surface area contributed by atoms with Gasteiger partial charge in [0.15, 0.2) is 0 Å². The van der Waals surface area contributed by atoms with Crippen LogP contribution in [0, 0.1) is 6.92 Å². The van der Waals surface area contributed by atoms with Crippen molar-refractivity contribution in [1.82, 2.24) is 10.2 Å². The van der Waals surface area contributed by atoms with Crippen LogP contribution in [0.4, 0.5) is 0 Å². The standard InChI is InChI=1S/C16H26N2O3/c1-12(2)17-16(20)10-18(4)9-14(19)11-21-15-7-5-6-13(3)8-15/h5-8,12,14,19H,9-11H2,1-4H3,(H,17,20). The first kappa shape index (κ1) is 17.5. The van der Waals surface area contributed by atoms with Crippen LogP contribution in [0.1, 0.15) is 19.4 Å². The Kier molecular flexibility index (Phi) is 7.19. The maximum Gasteiger partial charge on any atom is 0.234 e. The maximum atomic E-state index is 11.6. The summed E-state index contributed by atoms with van der Waals surface area (Å²) in [4.78, 5) is 13.4. The van der Waals surface area contributed by atoms with Crippen LogP contribution in [0.3, 0.4) is 0 Å². The van der Waals surface area contributed by atoms with E-state index in [-0.39, 0.29) is 25.1 Å². The Labute approximate surface area is 126 Å². The lowest BCUT2D eigenvalue weighted by Crippen LogP contribution is -2.42. The fourth-order valence-corrected chi connectivity index (χ4v) is 1.99. The Morgan fingerprint density at radius 2 is 2.14 bits per heavy atom. The molecule has 0 fully saturated rings. The molecule has 0 bridgehead atoms. The van der Waals surface area contributed by atoms with Crippen molar-refractivity contribution in [3.05, 3.63) is 29.8 Å². The number of ether oxygens (including phenoxy) is 1. The maximum absolute atomic E-state index is 11.6. The van der Waals surface area contributed by atoms with Gasteiger partial charge >= 0.3 is 0 Å². The van der Waals surface area contributed by atoms with Crippen LogP contribution in [0.15, 0.2) is 24.3 Å². The molecule has 0 saturated carbocycles. The number of carbonyl (C=O) groups is 1. The van der Waals surface area contributed by atoms with E-state index in [1.807, 2.05) is 45.0 Å². The fraction of sp³-hybridized carbons (Fsp3) is 0.562. The van der Waals surface area contributed by atoms with Crippen molar-refractivity contribution in [1.29, 1.82) is 0 Å². The molecule has 5 heteroatoms. The molecule has 1 amide bonds. The van der Waals surface area contributed by atoms with Gasteiger partial charge in [-0.3, -0.25) is 9.69 Å². The fourth-order valence-electron chi connectivity index (χ4n) is 1.99. The van der Waals surface area contributed by atoms with Crippen LogP contribution < -0.4 is 10.1 Å². The molecule has 0 aliphatic rings. The van der Waals surface area contributed by atoms with Gasteiger partial charge in [-0.05, 0) is 45.5 Å². The predicted octanol–water partition coefficient (Wildman–Crippen LogP) is 1.19. The Bertz CT molecular complexity index is 449. The average molecular weight is 294 g/mol. The topological polar surface area (TPSA) is 61.8 Å². The number of likely N-dealkylation sites (N-methyl/N-ethyl adjacent to an activating group) is 1. The molecule has 1 unspecified atom stereocenters. The van der Waals surface area contributed by atoms with Crippen molar-refractivity contribution in [2.24, 2.45) is 0 Å². The Morgan fingerprint density at radius 1 is 1.43 bits per heavy atom. The van der Waals surface area contributed by atoms with Gasteiger partial charge in [-0.2, -0.15) is 0 Å². The van der Waals surface area contributed by atoms with Crippen LogP contribution in [-0.2, 0) is 4.79 Å². The molecule has 1 aromatic carbocycles. The molecule has 0 heterocycles. The summed E-state index contributed by atoms with van der Waals surface area (Å²) < 4.78 is 5.54. The van der Waals surface area contributed by atoms with Gasteiger partial charge in [-0.25, -0.2) is 0 Å². The summed E-state index contributed by atoms with van der Waals surface area (Å²) in [6.07, 6.45) is -0.637. The summed E-state index contributed by atoms with van der Waals surface area (Å²) >= 11 is 0. The highest BCUT2D eigenvalue weighted by Gasteiger charge is 2.12. The number of amides is 1. The van der Waals surface area contributed by atoms with Crippen molar-refractivity contribution in [3.8, 4) is 5.75 Å². The van der Waals surface area contributed by atoms with Crippen molar-refractivity contribution < 1.29 is 14.6 Å². The van der Waals surface area contributed by atoms with E-state index in [1.165, 1.54) is 0 Å². The first-order valence-corrected chi connectivity index (χ1v) is 7.22. The van der Waals surface area contributed by atoms with Gasteiger partial charge in [0.05, 0.1) is 6.54 Å². The molecule has 5 nitrogen and oxygen atoms in total. The highest BCUT2D eigenvalue weighted by Crippen LogP contribution is 2.12. The third-order valence-corrected chi connectivity index (χ3v) is 2.82. The lowest BCUT2D eigenvalue weighted by molar-refractivity contribution is -0.122. The number of aliphatic hydroxyl groups is 1. The van der Waals surface area contributed by atoms with Crippen LogP contribution in [-0.4, -0.2) is 54.8 Å². The lowest BCUT2D eigenvalue weighted by Gasteiger charge is -2.21. The highest BCUT2D eigenvalue weighted by molar-refractivity contribution is 5.78. The molecule has 0 spiro atoms. The Hall–Kier alpha value is -1.59. The Morgan fingerprint density at radius 3 is 2.76 bits per heavy atom. The number of aryl methyl sites for hydroxylation is 1. The van der Waals surface area contributed by atoms with Crippen molar-refractivity contribution >= 4 is 5.91 Å². The van der Waals surface area contributed by atoms with Gasteiger partial charge in [-0.15, -0.1) is 0 Å². The van der Waals surface area contributed by atoms with Gasteiger partial charge in [0, 0.05) is 12.6 Å². The van der Waals surface area contributed by atoms with Gasteiger partial charge in [0.1, 0.15) is 18.5 Å². The van der Waals surface area contributed by atoms with E-state index in [2.05, 4.69) is 5.32 Å². The highest BCUT2D eigenvalue weighted by atomic mass is 16.5. The van der Waals surface area contributed by atoms with E-state index in [1.54, 1.807) is 11.9 Å². The number of nitrogens with zero attached hydrogens (tertiary/aromatic N) is 1. The van der Waals surface area contributed by atoms with Gasteiger partial charge < -0.3 is 15.2 Å². The molecule has 1 atom stereocenters. The molecule has 0 saturated heterocycles. The van der Waals surface area contributed by atoms with Gasteiger partial charge in [-0.1, -0.05) is 12.1 Å². The summed E-state index contributed by atoms with van der Waals surface area (Å²) in [6, 6.07) is 7.82. The third-order valence-electron chi connectivity index (χ3n) is 2.82. The van der Waals surface area contributed by atoms with E-state index >= 15 is 0 Å². The van der Waals surface area contributed by atoms with Gasteiger partial charge in [0.25, 0.3) is 0 Å². The van der Waals surface area contributed by atoms with Crippen molar-refractivity contribution in [2.75, 3.05) is 26.7 Å². The number of aliphatic hydroxyl groups excluding tert-OH is 1. The molecule has 1 aromatic rings. The van der Waals surface area contributed by atoms with E-state index in [9.17, 15) is 9.90 Å². The monoisotopic (exact) mass is 294 g/mol. The van der Waals surface area contributed by atoms with E-state index < -0.39 is 6.10 Å². The summed E-state index contributed by atoms with van der Waals surface area (Å²) in [5.41, 5.74) is 1.12. The molecule has 118 valence electrons. The van der Waals surface area contributed by atoms with Crippen LogP contribution in [0.25, 0.3) is 0 Å². The number of carbonyl (C=O) groups excluding carboxylic acids is 1. The van der Waals surface area contributed by atoms with Gasteiger partial charge in [0.2, 0.25) is 5.91 Å². The molecular formula is C16H26N2O3. The molecule has 0 aromatic heterocycles. The third kappa shape index (κ3) is 7.68. The van der Waals surface area contributed by atoms with E-state index in [0.717, 1.165) is 11.3 Å². The lowest BCUT2D eigenvalue weighted by atomic mass is 10.2. The van der Waals surface area contributed by atoms with Crippen LogP contribution in [0.5, 0.6) is 5.75 Å². The summed E-state index contributed by atoms with van der Waals surface area (Å²) in [7, 11) is 1.80. The largest absolute Gasteiger partial charge is 0.491 e. The number of rotatable bonds is 8. The number of hydrogen-bond acceptors (Lipinski definition) is 4. The first-order chi connectivity index (χ1) is 9.86. The molecule has 21 heavy (non-hydrogen) atoms. The summed E-state index contributed by atoms with van der Waals surface area (Å²) in [5.74, 6) is 0.702. The molecule has 0 aliphatic heterocycles. The zero-order valence-electron chi connectivity index (χ0n) is 13.3. The minimum atomic E-state index is -0.637. The zero-order valence-corrected chi connectivity index (χ0v) is 13.3. The smallest absolute Gasteiger partial charge is 0.234 e. The Balaban J connectivity index is 2.29. The van der Waals surface area contributed by atoms with E-state index in [4.69, 9.17) is 4.74 Å². The minimum Gasteiger partial charge on any atom is -0.491 e. The van der Waals surface area contributed by atoms with Crippen LogP contribution >= 0.6 is 0 Å². The molecule has 1 rings (SSSR count). The number of benzene rings is 1. The second kappa shape index (κ2) is 8.64. The molecule has 2 N–H and O–H groups in total. The summed E-state index contributed by atoms with van der Waals surface area (Å²) in [5, 5.41) is 12.8. The second-order valence-electron chi connectivity index (χ2n) is 5.70. The van der Waals surface area contributed by atoms with Crippen molar-refractivity contribution in [3.63, 3.8) is 0 Å². The summed E-state index contributed by atoms with van der Waals surface area (Å²) in [6.45, 7) is 6.69. The van der Waals surface area contributed by atoms with Crippen LogP contribution in [0.2, 0.25) is 0 Å².